The summed E-state index contributed by atoms with van der Waals surface area (Å²) in [4.78, 5) is 27.5. The fourth-order valence-corrected chi connectivity index (χ4v) is 4.11. The van der Waals surface area contributed by atoms with E-state index in [9.17, 15) is 4.79 Å². The van der Waals surface area contributed by atoms with E-state index in [0.717, 1.165) is 47.3 Å². The first-order chi connectivity index (χ1) is 13.2. The molecule has 0 bridgehead atoms. The SMILES string of the molecule is CCc1nc2cccnc2n1[C@H]1CCN(C(=O)c2cc3ccccc3[nH]2)C1. The van der Waals surface area contributed by atoms with Crippen molar-refractivity contribution in [3.05, 3.63) is 60.2 Å². The Morgan fingerprint density at radius 2 is 2.15 bits per heavy atom. The number of nitrogens with one attached hydrogen (secondary N) is 1. The van der Waals surface area contributed by atoms with Gasteiger partial charge in [0.15, 0.2) is 5.65 Å². The Bertz CT molecular complexity index is 1110. The summed E-state index contributed by atoms with van der Waals surface area (Å²) in [5.74, 6) is 1.10. The van der Waals surface area contributed by atoms with Crippen molar-refractivity contribution in [2.45, 2.75) is 25.8 Å². The summed E-state index contributed by atoms with van der Waals surface area (Å²) in [5.41, 5.74) is 3.49. The van der Waals surface area contributed by atoms with Crippen LogP contribution in [0.15, 0.2) is 48.7 Å². The predicted molar refractivity (Wildman–Crippen MR) is 105 cm³/mol. The summed E-state index contributed by atoms with van der Waals surface area (Å²) in [6.45, 7) is 3.54. The molecule has 136 valence electrons. The minimum Gasteiger partial charge on any atom is -0.351 e. The number of imidazole rings is 1. The van der Waals surface area contributed by atoms with Crippen LogP contribution in [0.2, 0.25) is 0 Å². The molecule has 1 aliphatic heterocycles. The number of amides is 1. The number of hydrogen-bond donors (Lipinski definition) is 1. The number of hydrogen-bond acceptors (Lipinski definition) is 3. The van der Waals surface area contributed by atoms with Gasteiger partial charge in [-0.05, 0) is 30.7 Å². The minimum absolute atomic E-state index is 0.0594. The van der Waals surface area contributed by atoms with E-state index in [1.807, 2.05) is 53.6 Å². The van der Waals surface area contributed by atoms with Crippen LogP contribution in [0.3, 0.4) is 0 Å². The number of para-hydroxylation sites is 1. The Balaban J connectivity index is 1.44. The van der Waals surface area contributed by atoms with Crippen molar-refractivity contribution in [1.82, 2.24) is 24.4 Å². The van der Waals surface area contributed by atoms with Crippen LogP contribution < -0.4 is 0 Å². The topological polar surface area (TPSA) is 66.8 Å². The van der Waals surface area contributed by atoms with Crippen molar-refractivity contribution < 1.29 is 4.79 Å². The number of benzene rings is 1. The van der Waals surface area contributed by atoms with Crippen LogP contribution in [-0.2, 0) is 6.42 Å². The molecule has 6 heteroatoms. The van der Waals surface area contributed by atoms with Crippen molar-refractivity contribution >= 4 is 28.0 Å². The highest BCUT2D eigenvalue weighted by Crippen LogP contribution is 2.28. The van der Waals surface area contributed by atoms with E-state index in [0.29, 0.717) is 12.2 Å². The number of fused-ring (bicyclic) bond motifs is 2. The van der Waals surface area contributed by atoms with Gasteiger partial charge < -0.3 is 14.5 Å². The predicted octanol–water partition coefficient (Wildman–Crippen LogP) is 3.56. The molecule has 1 saturated heterocycles. The van der Waals surface area contributed by atoms with Gasteiger partial charge in [-0.3, -0.25) is 4.79 Å². The second-order valence-electron chi connectivity index (χ2n) is 7.06. The molecule has 1 amide bonds. The summed E-state index contributed by atoms with van der Waals surface area (Å²) in [5, 5.41) is 1.06. The van der Waals surface area contributed by atoms with Gasteiger partial charge >= 0.3 is 0 Å². The molecule has 4 aromatic rings. The normalized spacial score (nSPS) is 17.2. The van der Waals surface area contributed by atoms with Crippen molar-refractivity contribution in [3.63, 3.8) is 0 Å². The molecule has 1 N–H and O–H groups in total. The molecule has 1 aliphatic rings. The molecule has 3 aromatic heterocycles. The summed E-state index contributed by atoms with van der Waals surface area (Å²) in [6, 6.07) is 14.0. The first-order valence-electron chi connectivity index (χ1n) is 9.43. The van der Waals surface area contributed by atoms with E-state index >= 15 is 0 Å². The Morgan fingerprint density at radius 1 is 1.26 bits per heavy atom. The number of carbonyl (C=O) groups is 1. The highest BCUT2D eigenvalue weighted by atomic mass is 16.2. The molecule has 6 nitrogen and oxygen atoms in total. The summed E-state index contributed by atoms with van der Waals surface area (Å²) < 4.78 is 2.23. The maximum Gasteiger partial charge on any atom is 0.270 e. The summed E-state index contributed by atoms with van der Waals surface area (Å²) >= 11 is 0. The van der Waals surface area contributed by atoms with Gasteiger partial charge in [-0.1, -0.05) is 25.1 Å². The fraction of sp³-hybridized carbons (Fsp3) is 0.286. The molecule has 27 heavy (non-hydrogen) atoms. The summed E-state index contributed by atoms with van der Waals surface area (Å²) in [7, 11) is 0. The van der Waals surface area contributed by atoms with Crippen LogP contribution in [-0.4, -0.2) is 43.4 Å². The van der Waals surface area contributed by atoms with E-state index in [1.54, 1.807) is 0 Å². The molecule has 1 fully saturated rings. The summed E-state index contributed by atoms with van der Waals surface area (Å²) in [6.07, 6.45) is 3.58. The highest BCUT2D eigenvalue weighted by Gasteiger charge is 2.31. The number of aromatic nitrogens is 4. The first kappa shape index (κ1) is 16.1. The molecular formula is C21H21N5O. The van der Waals surface area contributed by atoms with Crippen molar-refractivity contribution in [2.24, 2.45) is 0 Å². The standard InChI is InChI=1S/C21H21N5O/c1-2-19-24-17-8-5-10-22-20(17)26(19)15-9-11-25(13-15)21(27)18-12-14-6-3-4-7-16(14)23-18/h3-8,10,12,15,23H,2,9,11,13H2,1H3/t15-/m0/s1. The molecule has 0 unspecified atom stereocenters. The Labute approximate surface area is 156 Å². The fourth-order valence-electron chi connectivity index (χ4n) is 4.11. The van der Waals surface area contributed by atoms with Crippen LogP contribution in [0, 0.1) is 0 Å². The lowest BCUT2D eigenvalue weighted by atomic mass is 10.2. The lowest BCUT2D eigenvalue weighted by Crippen LogP contribution is -2.29. The lowest BCUT2D eigenvalue weighted by Gasteiger charge is -2.18. The number of H-pyrrole nitrogens is 1. The number of carbonyl (C=O) groups excluding carboxylic acids is 1. The van der Waals surface area contributed by atoms with Crippen molar-refractivity contribution in [1.29, 1.82) is 0 Å². The number of likely N-dealkylation sites (tertiary alicyclic amines) is 1. The molecular weight excluding hydrogens is 338 g/mol. The molecule has 0 saturated carbocycles. The Kier molecular flexibility index (Phi) is 3.70. The van der Waals surface area contributed by atoms with E-state index in [-0.39, 0.29) is 11.9 Å². The molecule has 5 rings (SSSR count). The van der Waals surface area contributed by atoms with Gasteiger partial charge in [0.05, 0.1) is 6.04 Å². The third-order valence-electron chi connectivity index (χ3n) is 5.41. The Morgan fingerprint density at radius 3 is 3.00 bits per heavy atom. The monoisotopic (exact) mass is 359 g/mol. The van der Waals surface area contributed by atoms with E-state index < -0.39 is 0 Å². The van der Waals surface area contributed by atoms with Gasteiger partial charge in [-0.15, -0.1) is 0 Å². The van der Waals surface area contributed by atoms with Crippen LogP contribution in [0.4, 0.5) is 0 Å². The van der Waals surface area contributed by atoms with Gasteiger partial charge in [-0.2, -0.15) is 0 Å². The second-order valence-corrected chi connectivity index (χ2v) is 7.06. The number of nitrogens with zero attached hydrogens (tertiary/aromatic N) is 4. The molecule has 1 atom stereocenters. The maximum atomic E-state index is 13.0. The van der Waals surface area contributed by atoms with Gasteiger partial charge in [0.2, 0.25) is 0 Å². The number of pyridine rings is 1. The number of aryl methyl sites for hydroxylation is 1. The van der Waals surface area contributed by atoms with Crippen LogP contribution >= 0.6 is 0 Å². The average molecular weight is 359 g/mol. The highest BCUT2D eigenvalue weighted by molar-refractivity contribution is 5.98. The molecule has 1 aromatic carbocycles. The molecule has 0 spiro atoms. The van der Waals surface area contributed by atoms with Gasteiger partial charge in [-0.25, -0.2) is 9.97 Å². The number of aromatic amines is 1. The van der Waals surface area contributed by atoms with Crippen LogP contribution in [0.5, 0.6) is 0 Å². The number of rotatable bonds is 3. The van der Waals surface area contributed by atoms with Crippen molar-refractivity contribution in [3.8, 4) is 0 Å². The van der Waals surface area contributed by atoms with Gasteiger partial charge in [0.1, 0.15) is 17.0 Å². The zero-order valence-corrected chi connectivity index (χ0v) is 15.2. The zero-order chi connectivity index (χ0) is 18.4. The zero-order valence-electron chi connectivity index (χ0n) is 15.2. The van der Waals surface area contributed by atoms with Crippen LogP contribution in [0.1, 0.15) is 35.7 Å². The third-order valence-corrected chi connectivity index (χ3v) is 5.41. The molecule has 0 radical (unpaired) electrons. The first-order valence-corrected chi connectivity index (χ1v) is 9.43. The van der Waals surface area contributed by atoms with E-state index in [1.165, 1.54) is 0 Å². The second kappa shape index (κ2) is 6.23. The average Bonchev–Trinajstić information content (AvgIpc) is 3.42. The quantitative estimate of drug-likeness (QED) is 0.608. The Hall–Kier alpha value is -3.15. The van der Waals surface area contributed by atoms with E-state index in [2.05, 4.69) is 21.5 Å². The minimum atomic E-state index is 0.0594. The third kappa shape index (κ3) is 2.60. The van der Waals surface area contributed by atoms with E-state index in [4.69, 9.17) is 4.98 Å². The smallest absolute Gasteiger partial charge is 0.270 e. The van der Waals surface area contributed by atoms with Gasteiger partial charge in [0, 0.05) is 36.6 Å². The molecule has 4 heterocycles. The van der Waals surface area contributed by atoms with Crippen LogP contribution in [0.25, 0.3) is 22.1 Å². The lowest BCUT2D eigenvalue weighted by molar-refractivity contribution is 0.0783. The van der Waals surface area contributed by atoms with Crippen molar-refractivity contribution in [2.75, 3.05) is 13.1 Å². The maximum absolute atomic E-state index is 13.0. The largest absolute Gasteiger partial charge is 0.351 e. The van der Waals surface area contributed by atoms with Gasteiger partial charge in [0.25, 0.3) is 5.91 Å². The molecule has 0 aliphatic carbocycles.